The summed E-state index contributed by atoms with van der Waals surface area (Å²) in [6, 6.07) is 8.13. The number of rotatable bonds is 6. The first-order chi connectivity index (χ1) is 17.0. The molecule has 1 aliphatic carbocycles. The van der Waals surface area contributed by atoms with E-state index in [1.807, 2.05) is 25.1 Å². The van der Waals surface area contributed by atoms with Gasteiger partial charge in [0.25, 0.3) is 5.56 Å². The molecule has 8 nitrogen and oxygen atoms in total. The molecule has 0 spiro atoms. The summed E-state index contributed by atoms with van der Waals surface area (Å²) < 4.78 is 1.74. The van der Waals surface area contributed by atoms with Crippen molar-refractivity contribution in [2.45, 2.75) is 57.7 Å². The molecule has 2 N–H and O–H groups in total. The summed E-state index contributed by atoms with van der Waals surface area (Å²) in [6.07, 6.45) is 7.97. The van der Waals surface area contributed by atoms with E-state index in [9.17, 15) is 19.5 Å². The highest BCUT2D eigenvalue weighted by atomic mass is 16.3. The monoisotopic (exact) mass is 476 g/mol. The van der Waals surface area contributed by atoms with Crippen LogP contribution in [0.15, 0.2) is 47.4 Å². The van der Waals surface area contributed by atoms with Crippen LogP contribution in [0.4, 0.5) is 0 Å². The Morgan fingerprint density at radius 1 is 1.20 bits per heavy atom. The predicted octanol–water partition coefficient (Wildman–Crippen LogP) is 2.07. The second-order valence-corrected chi connectivity index (χ2v) is 9.64. The molecule has 0 aromatic carbocycles. The second-order valence-electron chi connectivity index (χ2n) is 9.64. The highest BCUT2D eigenvalue weighted by Gasteiger charge is 2.57. The van der Waals surface area contributed by atoms with Gasteiger partial charge in [0.1, 0.15) is 0 Å². The summed E-state index contributed by atoms with van der Waals surface area (Å²) in [7, 11) is 0. The van der Waals surface area contributed by atoms with Crippen molar-refractivity contribution in [2.24, 2.45) is 11.8 Å². The molecule has 2 amide bonds. The minimum atomic E-state index is -0.634. The lowest BCUT2D eigenvalue weighted by Crippen LogP contribution is -2.50. The van der Waals surface area contributed by atoms with Gasteiger partial charge in [0, 0.05) is 48.8 Å². The van der Waals surface area contributed by atoms with Crippen LogP contribution in [0.2, 0.25) is 0 Å². The molecule has 2 bridgehead atoms. The molecule has 2 aromatic heterocycles. The standard InChI is InChI=1S/C27H32N4O4/c1-2-28-26(34)24-20(16-32)22-15-30-21(12-11-19(27(30)35)17-8-4-3-5-9-17)25(24)31(22)23(33)14-18-10-6-7-13-29-18/h6-8,10-13,20,22,24-25,32H,2-5,9,14-16H2,1H3,(H,28,34)/t20-,22-,24+,25+/m0/s1. The van der Waals surface area contributed by atoms with E-state index in [2.05, 4.69) is 16.4 Å². The number of pyridine rings is 2. The molecule has 4 heterocycles. The van der Waals surface area contributed by atoms with Crippen LogP contribution >= 0.6 is 0 Å². The first-order valence-electron chi connectivity index (χ1n) is 12.6. The molecule has 184 valence electrons. The van der Waals surface area contributed by atoms with Gasteiger partial charge in [-0.05, 0) is 62.4 Å². The first-order valence-corrected chi connectivity index (χ1v) is 12.6. The maximum atomic E-state index is 13.6. The fourth-order valence-electron chi connectivity index (χ4n) is 6.12. The SMILES string of the molecule is CCNC(=O)[C@@H]1[C@@H](CO)[C@@H]2Cn3c(ccc(C4=CCCCC4)c3=O)[C@H]1N2C(=O)Cc1ccccn1. The van der Waals surface area contributed by atoms with E-state index < -0.39 is 23.9 Å². The highest BCUT2D eigenvalue weighted by Crippen LogP contribution is 2.48. The number of fused-ring (bicyclic) bond motifs is 4. The van der Waals surface area contributed by atoms with E-state index in [1.165, 1.54) is 0 Å². The number of hydrogen-bond donors (Lipinski definition) is 2. The Morgan fingerprint density at radius 2 is 2.06 bits per heavy atom. The van der Waals surface area contributed by atoms with E-state index in [1.54, 1.807) is 27.8 Å². The van der Waals surface area contributed by atoms with E-state index in [0.717, 1.165) is 31.3 Å². The van der Waals surface area contributed by atoms with Crippen molar-refractivity contribution in [3.05, 3.63) is 69.9 Å². The Balaban J connectivity index is 1.59. The fourth-order valence-corrected chi connectivity index (χ4v) is 6.12. The number of carbonyl (C=O) groups is 2. The van der Waals surface area contributed by atoms with Crippen LogP contribution in [-0.2, 0) is 22.6 Å². The number of nitrogens with one attached hydrogen (secondary N) is 1. The van der Waals surface area contributed by atoms with E-state index in [4.69, 9.17) is 0 Å². The third-order valence-corrected chi connectivity index (χ3v) is 7.68. The van der Waals surface area contributed by atoms with E-state index in [0.29, 0.717) is 23.5 Å². The molecule has 2 aliphatic heterocycles. The van der Waals surface area contributed by atoms with Gasteiger partial charge < -0.3 is 19.9 Å². The van der Waals surface area contributed by atoms with Crippen molar-refractivity contribution in [3.8, 4) is 0 Å². The number of allylic oxidation sites excluding steroid dienone is 2. The molecule has 1 fully saturated rings. The topological polar surface area (TPSA) is 105 Å². The molecule has 2 aromatic rings. The molecule has 0 saturated carbocycles. The lowest BCUT2D eigenvalue weighted by atomic mass is 9.86. The third kappa shape index (κ3) is 4.10. The molecule has 1 saturated heterocycles. The predicted molar refractivity (Wildman–Crippen MR) is 131 cm³/mol. The maximum Gasteiger partial charge on any atom is 0.258 e. The average molecular weight is 477 g/mol. The number of hydrogen-bond acceptors (Lipinski definition) is 5. The summed E-state index contributed by atoms with van der Waals surface area (Å²) in [4.78, 5) is 46.5. The van der Waals surface area contributed by atoms with Gasteiger partial charge in [-0.25, -0.2) is 0 Å². The zero-order valence-electron chi connectivity index (χ0n) is 20.0. The van der Waals surface area contributed by atoms with Gasteiger partial charge in [0.2, 0.25) is 11.8 Å². The molecular formula is C27H32N4O4. The number of aliphatic hydroxyl groups is 1. The minimum Gasteiger partial charge on any atom is -0.396 e. The van der Waals surface area contributed by atoms with Crippen molar-refractivity contribution in [2.75, 3.05) is 13.2 Å². The quantitative estimate of drug-likeness (QED) is 0.664. The van der Waals surface area contributed by atoms with Crippen LogP contribution in [0.3, 0.4) is 0 Å². The molecule has 4 atom stereocenters. The second kappa shape index (κ2) is 9.77. The Hall–Kier alpha value is -3.26. The normalized spacial score (nSPS) is 25.1. The molecule has 0 unspecified atom stereocenters. The Morgan fingerprint density at radius 3 is 2.74 bits per heavy atom. The van der Waals surface area contributed by atoms with Crippen molar-refractivity contribution in [1.82, 2.24) is 19.8 Å². The number of nitrogens with zero attached hydrogens (tertiary/aromatic N) is 3. The maximum absolute atomic E-state index is 13.6. The molecule has 35 heavy (non-hydrogen) atoms. The van der Waals surface area contributed by atoms with E-state index >= 15 is 0 Å². The number of carbonyl (C=O) groups excluding carboxylic acids is 2. The summed E-state index contributed by atoms with van der Waals surface area (Å²) in [5, 5.41) is 13.3. The smallest absolute Gasteiger partial charge is 0.258 e. The molecule has 0 radical (unpaired) electrons. The zero-order chi connectivity index (χ0) is 24.5. The van der Waals surface area contributed by atoms with Gasteiger partial charge in [-0.3, -0.25) is 19.4 Å². The van der Waals surface area contributed by atoms with Crippen molar-refractivity contribution in [1.29, 1.82) is 0 Å². The lowest BCUT2D eigenvalue weighted by molar-refractivity contribution is -0.136. The summed E-state index contributed by atoms with van der Waals surface area (Å²) in [5.74, 6) is -1.45. The van der Waals surface area contributed by atoms with Crippen LogP contribution < -0.4 is 10.9 Å². The van der Waals surface area contributed by atoms with Gasteiger partial charge in [-0.2, -0.15) is 0 Å². The average Bonchev–Trinajstić information content (AvgIpc) is 3.12. The van der Waals surface area contributed by atoms with Gasteiger partial charge >= 0.3 is 0 Å². The number of amides is 2. The van der Waals surface area contributed by atoms with Crippen LogP contribution in [0.5, 0.6) is 0 Å². The Bertz CT molecular complexity index is 1210. The Labute approximate surface area is 204 Å². The highest BCUT2D eigenvalue weighted by molar-refractivity contribution is 5.85. The first kappa shape index (κ1) is 23.5. The van der Waals surface area contributed by atoms with Crippen LogP contribution in [0.1, 0.15) is 55.6 Å². The largest absolute Gasteiger partial charge is 0.396 e. The van der Waals surface area contributed by atoms with Gasteiger partial charge in [-0.1, -0.05) is 12.1 Å². The van der Waals surface area contributed by atoms with Gasteiger partial charge in [-0.15, -0.1) is 0 Å². The lowest BCUT2D eigenvalue weighted by Gasteiger charge is -2.38. The third-order valence-electron chi connectivity index (χ3n) is 7.68. The van der Waals surface area contributed by atoms with Crippen LogP contribution in [-0.4, -0.2) is 50.6 Å². The summed E-state index contributed by atoms with van der Waals surface area (Å²) >= 11 is 0. The summed E-state index contributed by atoms with van der Waals surface area (Å²) in [6.45, 7) is 2.32. The van der Waals surface area contributed by atoms with Crippen LogP contribution in [0, 0.1) is 11.8 Å². The van der Waals surface area contributed by atoms with Gasteiger partial charge in [0.15, 0.2) is 0 Å². The van der Waals surface area contributed by atoms with Crippen molar-refractivity contribution < 1.29 is 14.7 Å². The molecule has 5 rings (SSSR count). The van der Waals surface area contributed by atoms with Crippen molar-refractivity contribution >= 4 is 17.4 Å². The molecule has 8 heteroatoms. The van der Waals surface area contributed by atoms with Crippen molar-refractivity contribution in [3.63, 3.8) is 0 Å². The minimum absolute atomic E-state index is 0.0734. The van der Waals surface area contributed by atoms with Gasteiger partial charge in [0.05, 0.1) is 24.4 Å². The number of aromatic nitrogens is 2. The number of aliphatic hydroxyl groups excluding tert-OH is 1. The zero-order valence-corrected chi connectivity index (χ0v) is 20.0. The Kier molecular flexibility index (Phi) is 6.56. The fraction of sp³-hybridized carbons (Fsp3) is 0.481. The molecular weight excluding hydrogens is 444 g/mol. The van der Waals surface area contributed by atoms with Crippen LogP contribution in [0.25, 0.3) is 5.57 Å². The van der Waals surface area contributed by atoms with E-state index in [-0.39, 0.29) is 36.9 Å². The molecule has 3 aliphatic rings. The summed E-state index contributed by atoms with van der Waals surface area (Å²) in [5.41, 5.74) is 3.02.